The molecule has 0 aliphatic carbocycles. The Morgan fingerprint density at radius 1 is 1.16 bits per heavy atom. The number of carbonyl (C=O) groups excluding carboxylic acids is 1. The first-order valence-corrected chi connectivity index (χ1v) is 8.89. The van der Waals surface area contributed by atoms with E-state index < -0.39 is 0 Å². The average Bonchev–Trinajstić information content (AvgIpc) is 2.62. The predicted molar refractivity (Wildman–Crippen MR) is 104 cm³/mol. The highest BCUT2D eigenvalue weighted by Crippen LogP contribution is 2.29. The third-order valence-corrected chi connectivity index (χ3v) is 4.64. The van der Waals surface area contributed by atoms with E-state index in [1.165, 1.54) is 4.90 Å². The molecule has 0 unspecified atom stereocenters. The molecule has 2 aromatic rings. The van der Waals surface area contributed by atoms with Crippen molar-refractivity contribution in [2.24, 2.45) is 0 Å². The lowest BCUT2D eigenvalue weighted by Gasteiger charge is -2.33. The Hall–Kier alpha value is -2.30. The first-order valence-electron chi connectivity index (χ1n) is 8.52. The molecular formula is C20H23ClN3O+. The van der Waals surface area contributed by atoms with E-state index >= 15 is 0 Å². The molecule has 1 aliphatic rings. The fourth-order valence-corrected chi connectivity index (χ4v) is 3.10. The second kappa shape index (κ2) is 8.19. The van der Waals surface area contributed by atoms with Crippen LogP contribution in [0.4, 0.5) is 11.4 Å². The zero-order valence-electron chi connectivity index (χ0n) is 14.3. The zero-order valence-corrected chi connectivity index (χ0v) is 15.1. The van der Waals surface area contributed by atoms with Crippen LogP contribution in [0.15, 0.2) is 54.6 Å². The number of piperazine rings is 1. The number of hydrogen-bond acceptors (Lipinski definition) is 2. The number of halogens is 1. The summed E-state index contributed by atoms with van der Waals surface area (Å²) in [6.07, 6.45) is 3.35. The number of quaternary nitrogens is 1. The summed E-state index contributed by atoms with van der Waals surface area (Å²) in [5.74, 6) is -0.160. The van der Waals surface area contributed by atoms with Gasteiger partial charge in [0.15, 0.2) is 0 Å². The van der Waals surface area contributed by atoms with Gasteiger partial charge in [0.05, 0.1) is 44.6 Å². The summed E-state index contributed by atoms with van der Waals surface area (Å²) in [6, 6.07) is 15.4. The molecule has 4 nitrogen and oxygen atoms in total. The standard InChI is InChI=1S/C20H22ClN3O/c1-23-11-13-24(14-12-23)19-9-8-17(21)15-18(19)22-20(25)10-7-16-5-3-2-4-6-16/h2-10,15H,11-14H2,1H3,(H,22,25)/p+1/b10-7+. The van der Waals surface area contributed by atoms with Crippen LogP contribution in [0.1, 0.15) is 5.56 Å². The number of nitrogens with zero attached hydrogens (tertiary/aromatic N) is 1. The monoisotopic (exact) mass is 356 g/mol. The highest BCUT2D eigenvalue weighted by atomic mass is 35.5. The molecule has 0 atom stereocenters. The van der Waals surface area contributed by atoms with Gasteiger partial charge in [-0.1, -0.05) is 41.9 Å². The normalized spacial score (nSPS) is 15.5. The minimum absolute atomic E-state index is 0.160. The molecule has 1 fully saturated rings. The minimum atomic E-state index is -0.160. The summed E-state index contributed by atoms with van der Waals surface area (Å²) in [6.45, 7) is 4.11. The van der Waals surface area contributed by atoms with E-state index in [9.17, 15) is 4.79 Å². The summed E-state index contributed by atoms with van der Waals surface area (Å²) >= 11 is 6.14. The van der Waals surface area contributed by atoms with Crippen molar-refractivity contribution in [3.63, 3.8) is 0 Å². The maximum absolute atomic E-state index is 12.3. The van der Waals surface area contributed by atoms with Gasteiger partial charge < -0.3 is 15.1 Å². The smallest absolute Gasteiger partial charge is 0.248 e. The van der Waals surface area contributed by atoms with E-state index in [1.54, 1.807) is 12.2 Å². The van der Waals surface area contributed by atoms with E-state index in [0.29, 0.717) is 5.02 Å². The van der Waals surface area contributed by atoms with Crippen molar-refractivity contribution in [3.05, 3.63) is 65.2 Å². The van der Waals surface area contributed by atoms with E-state index in [-0.39, 0.29) is 5.91 Å². The number of amides is 1. The molecule has 1 amide bonds. The maximum Gasteiger partial charge on any atom is 0.248 e. The molecule has 0 radical (unpaired) electrons. The van der Waals surface area contributed by atoms with E-state index in [2.05, 4.69) is 17.3 Å². The number of hydrogen-bond donors (Lipinski definition) is 2. The Balaban J connectivity index is 1.74. The lowest BCUT2D eigenvalue weighted by atomic mass is 10.2. The van der Waals surface area contributed by atoms with Crippen molar-refractivity contribution in [1.29, 1.82) is 0 Å². The summed E-state index contributed by atoms with van der Waals surface area (Å²) in [5, 5.41) is 3.59. The highest BCUT2D eigenvalue weighted by Gasteiger charge is 2.20. The average molecular weight is 357 g/mol. The number of likely N-dealkylation sites (N-methyl/N-ethyl adjacent to an activating group) is 1. The van der Waals surface area contributed by atoms with Crippen LogP contribution in [-0.2, 0) is 4.79 Å². The van der Waals surface area contributed by atoms with Crippen LogP contribution in [0.3, 0.4) is 0 Å². The SMILES string of the molecule is C[NH+]1CCN(c2ccc(Cl)cc2NC(=O)/C=C/c2ccccc2)CC1. The number of benzene rings is 2. The van der Waals surface area contributed by atoms with Crippen molar-refractivity contribution in [2.75, 3.05) is 43.4 Å². The van der Waals surface area contributed by atoms with Crippen LogP contribution in [0.5, 0.6) is 0 Å². The summed E-state index contributed by atoms with van der Waals surface area (Å²) in [4.78, 5) is 16.2. The number of rotatable bonds is 4. The van der Waals surface area contributed by atoms with Crippen molar-refractivity contribution in [2.45, 2.75) is 0 Å². The molecule has 1 aliphatic heterocycles. The molecule has 2 N–H and O–H groups in total. The van der Waals surface area contributed by atoms with Gasteiger partial charge in [-0.05, 0) is 29.8 Å². The fourth-order valence-electron chi connectivity index (χ4n) is 2.92. The lowest BCUT2D eigenvalue weighted by Crippen LogP contribution is -3.12. The van der Waals surface area contributed by atoms with Gasteiger partial charge in [0.25, 0.3) is 0 Å². The second-order valence-corrected chi connectivity index (χ2v) is 6.78. The molecule has 3 rings (SSSR count). The van der Waals surface area contributed by atoms with Crippen LogP contribution >= 0.6 is 11.6 Å². The lowest BCUT2D eigenvalue weighted by molar-refractivity contribution is -0.880. The van der Waals surface area contributed by atoms with Crippen molar-refractivity contribution >= 4 is 35.0 Å². The number of anilines is 2. The molecule has 0 bridgehead atoms. The van der Waals surface area contributed by atoms with Crippen molar-refractivity contribution in [3.8, 4) is 0 Å². The largest absolute Gasteiger partial charge is 0.359 e. The molecule has 1 saturated heterocycles. The van der Waals surface area contributed by atoms with Crippen molar-refractivity contribution in [1.82, 2.24) is 0 Å². The van der Waals surface area contributed by atoms with Gasteiger partial charge in [-0.25, -0.2) is 0 Å². The van der Waals surface area contributed by atoms with E-state index in [1.807, 2.05) is 48.5 Å². The molecule has 0 aromatic heterocycles. The Labute approximate surface area is 153 Å². The Kier molecular flexibility index (Phi) is 5.74. The first kappa shape index (κ1) is 17.5. The third-order valence-electron chi connectivity index (χ3n) is 4.40. The maximum atomic E-state index is 12.3. The van der Waals surface area contributed by atoms with E-state index in [0.717, 1.165) is 43.1 Å². The van der Waals surface area contributed by atoms with Gasteiger partial charge in [-0.3, -0.25) is 4.79 Å². The second-order valence-electron chi connectivity index (χ2n) is 6.34. The molecule has 25 heavy (non-hydrogen) atoms. The van der Waals surface area contributed by atoms with Gasteiger partial charge in [-0.15, -0.1) is 0 Å². The van der Waals surface area contributed by atoms with Crippen LogP contribution in [0.25, 0.3) is 6.08 Å². The van der Waals surface area contributed by atoms with Gasteiger partial charge in [-0.2, -0.15) is 0 Å². The quantitative estimate of drug-likeness (QED) is 0.825. The molecule has 2 aromatic carbocycles. The number of nitrogens with one attached hydrogen (secondary N) is 2. The third kappa shape index (κ3) is 4.84. The Bertz CT molecular complexity index is 753. The number of carbonyl (C=O) groups is 1. The predicted octanol–water partition coefficient (Wildman–Crippen LogP) is 2.33. The van der Waals surface area contributed by atoms with Gasteiger partial charge in [0, 0.05) is 11.1 Å². The topological polar surface area (TPSA) is 36.8 Å². The Morgan fingerprint density at radius 3 is 2.60 bits per heavy atom. The molecular weight excluding hydrogens is 334 g/mol. The van der Waals surface area contributed by atoms with Crippen LogP contribution < -0.4 is 15.1 Å². The van der Waals surface area contributed by atoms with E-state index in [4.69, 9.17) is 11.6 Å². The van der Waals surface area contributed by atoms with Crippen LogP contribution in [0.2, 0.25) is 5.02 Å². The minimum Gasteiger partial charge on any atom is -0.359 e. The molecule has 130 valence electrons. The Morgan fingerprint density at radius 2 is 1.88 bits per heavy atom. The first-order chi connectivity index (χ1) is 12.1. The molecule has 0 saturated carbocycles. The molecule has 0 spiro atoms. The summed E-state index contributed by atoms with van der Waals surface area (Å²) < 4.78 is 0. The zero-order chi connectivity index (χ0) is 17.6. The summed E-state index contributed by atoms with van der Waals surface area (Å²) in [7, 11) is 2.20. The highest BCUT2D eigenvalue weighted by molar-refractivity contribution is 6.31. The molecule has 5 heteroatoms. The van der Waals surface area contributed by atoms with Gasteiger partial charge in [0.1, 0.15) is 0 Å². The summed E-state index contributed by atoms with van der Waals surface area (Å²) in [5.41, 5.74) is 2.78. The van der Waals surface area contributed by atoms with Crippen molar-refractivity contribution < 1.29 is 9.69 Å². The van der Waals surface area contributed by atoms with Gasteiger partial charge in [0.2, 0.25) is 5.91 Å². The molecule has 1 heterocycles. The van der Waals surface area contributed by atoms with Crippen LogP contribution in [-0.4, -0.2) is 39.1 Å². The van der Waals surface area contributed by atoms with Gasteiger partial charge >= 0.3 is 0 Å². The fraction of sp³-hybridized carbons (Fsp3) is 0.250. The van der Waals surface area contributed by atoms with Crippen LogP contribution in [0, 0.1) is 0 Å².